The lowest BCUT2D eigenvalue weighted by molar-refractivity contribution is -0.153. The number of hydrogen-bond acceptors (Lipinski definition) is 12. The molecule has 1 aliphatic carbocycles. The van der Waals surface area contributed by atoms with Crippen molar-refractivity contribution in [3.05, 3.63) is 30.7 Å². The molecule has 0 bridgehead atoms. The van der Waals surface area contributed by atoms with Crippen LogP contribution in [0.1, 0.15) is 301 Å². The smallest absolute Gasteiger partial charge is 0.320 e. The van der Waals surface area contributed by atoms with E-state index >= 15 is 0 Å². The van der Waals surface area contributed by atoms with E-state index in [0.717, 1.165) is 76.5 Å². The predicted octanol–water partition coefficient (Wildman–Crippen LogP) is 17.5. The van der Waals surface area contributed by atoms with E-state index in [4.69, 9.17) is 23.7 Å². The highest BCUT2D eigenvalue weighted by atomic mass is 16.6. The lowest BCUT2D eigenvalue weighted by Gasteiger charge is -2.22. The third-order valence-electron chi connectivity index (χ3n) is 14.9. The van der Waals surface area contributed by atoms with Crippen LogP contribution < -0.4 is 0 Å². The van der Waals surface area contributed by atoms with Gasteiger partial charge in [0.2, 0.25) is 5.91 Å². The van der Waals surface area contributed by atoms with Gasteiger partial charge in [-0.25, -0.2) is 0 Å². The van der Waals surface area contributed by atoms with Crippen LogP contribution in [0.2, 0.25) is 0 Å². The van der Waals surface area contributed by atoms with Crippen molar-refractivity contribution >= 4 is 35.6 Å². The number of ether oxygens (including phenoxy) is 5. The van der Waals surface area contributed by atoms with Crippen LogP contribution in [0.3, 0.4) is 0 Å². The standard InChI is InChI=1S/C32H57NO7.C26H45NO4.C8H16.C2H6.CH4/c1-5-9-11-13-15-17-19-38-30(35)21-26(22-31(36)39-20-18-16-14-12-10-6-2)23-32(37)40-28-24-27(7-3)33(25-28)29(34)8-4;1-5-9-11-13-15-17-19-30-25(8-4)22-27(21-24(28)7-3)23-26(29)31-20-18-16-14-12-10-6-2;1-8-6-4-2-3-5-7-8;1-2;/h26-28H,5-25H2,1-4H3;7H,3-6,9-23H2,1-2H3;8H,2-7H2,1H3;1-2H3;1H4/t27-,28-;;;;/m1..../s1. The van der Waals surface area contributed by atoms with Gasteiger partial charge in [0.05, 0.1) is 52.6 Å². The molecule has 13 heteroatoms. The molecule has 0 aromatic heterocycles. The summed E-state index contributed by atoms with van der Waals surface area (Å²) in [5, 5.41) is 0. The van der Waals surface area contributed by atoms with Crippen LogP contribution in [0.15, 0.2) is 30.7 Å². The van der Waals surface area contributed by atoms with Crippen molar-refractivity contribution in [2.75, 3.05) is 52.6 Å². The molecule has 0 aromatic rings. The Hall–Kier alpha value is -3.96. The van der Waals surface area contributed by atoms with Crippen molar-refractivity contribution in [3.63, 3.8) is 0 Å². The summed E-state index contributed by atoms with van der Waals surface area (Å²) in [5.41, 5.74) is 2.80. The van der Waals surface area contributed by atoms with Gasteiger partial charge in [-0.15, -0.1) is 0 Å². The molecule has 2 fully saturated rings. The molecule has 2 atom stereocenters. The van der Waals surface area contributed by atoms with Gasteiger partial charge in [-0.05, 0) is 50.0 Å². The van der Waals surface area contributed by atoms with Gasteiger partial charge in [-0.2, -0.15) is 0 Å². The topological polar surface area (TPSA) is 155 Å². The Kier molecular flexibility index (Phi) is 60.4. The van der Waals surface area contributed by atoms with E-state index in [0.29, 0.717) is 58.1 Å². The monoisotopic (exact) mass is 1160 g/mol. The zero-order valence-electron chi connectivity index (χ0n) is 53.8. The van der Waals surface area contributed by atoms with Crippen LogP contribution in [0.25, 0.3) is 0 Å². The fourth-order valence-corrected chi connectivity index (χ4v) is 9.93. The summed E-state index contributed by atoms with van der Waals surface area (Å²) in [5.74, 6) is -0.645. The van der Waals surface area contributed by atoms with Gasteiger partial charge < -0.3 is 28.6 Å². The van der Waals surface area contributed by atoms with E-state index in [-0.39, 0.29) is 69.6 Å². The van der Waals surface area contributed by atoms with Gasteiger partial charge in [0.1, 0.15) is 6.10 Å². The minimum Gasteiger partial charge on any atom is -0.489 e. The van der Waals surface area contributed by atoms with Crippen molar-refractivity contribution in [1.29, 1.82) is 0 Å². The maximum absolute atomic E-state index is 12.9. The Labute approximate surface area is 504 Å². The normalized spacial score (nSPS) is 14.7. The highest BCUT2D eigenvalue weighted by molar-refractivity contribution is 5.91. The quantitative estimate of drug-likeness (QED) is 0.0108. The maximum atomic E-state index is 12.9. The molecule has 1 amide bonds. The van der Waals surface area contributed by atoms with E-state index < -0.39 is 23.8 Å². The molecular weight excluding hydrogens is 1030 g/mol. The second kappa shape index (κ2) is 60.2. The van der Waals surface area contributed by atoms with E-state index in [2.05, 4.69) is 53.5 Å². The number of esters is 4. The molecule has 82 heavy (non-hydrogen) atoms. The van der Waals surface area contributed by atoms with Crippen molar-refractivity contribution in [1.82, 2.24) is 9.80 Å². The Bertz CT molecular complexity index is 1590. The largest absolute Gasteiger partial charge is 0.489 e. The molecule has 2 rings (SSSR count). The fourth-order valence-electron chi connectivity index (χ4n) is 9.93. The molecule has 1 saturated heterocycles. The Morgan fingerprint density at radius 3 is 1.35 bits per heavy atom. The number of ketones is 1. The van der Waals surface area contributed by atoms with Crippen LogP contribution in [0, 0.1) is 11.8 Å². The SMILES string of the molecule is C.C=C=C(CN(CC(=O)C=C)CC(=O)OCCCCCCCC)OCCCCCCCC.CC.CC1CCCCCC1.CCCCCCCCOC(=O)CC(CC(=O)OCCCCCCCC)CC(=O)O[C@@H]1C[C@@H](CC)N(C(=O)CC)C1. The third-order valence-corrected chi connectivity index (χ3v) is 14.9. The number of carbonyl (C=O) groups is 6. The first-order valence-corrected chi connectivity index (χ1v) is 33.2. The van der Waals surface area contributed by atoms with Crippen LogP contribution in [-0.4, -0.2) is 110 Å². The van der Waals surface area contributed by atoms with E-state index in [9.17, 15) is 28.8 Å². The number of likely N-dealkylation sites (tertiary alicyclic amines) is 1. The minimum atomic E-state index is -0.543. The number of rotatable bonds is 45. The van der Waals surface area contributed by atoms with Gasteiger partial charge in [0.25, 0.3) is 0 Å². The van der Waals surface area contributed by atoms with E-state index in [1.54, 1.807) is 9.80 Å². The van der Waals surface area contributed by atoms with Crippen LogP contribution in [0.5, 0.6) is 0 Å². The molecule has 13 nitrogen and oxygen atoms in total. The number of carbonyl (C=O) groups excluding carboxylic acids is 6. The number of unbranched alkanes of at least 4 members (excludes halogenated alkanes) is 20. The van der Waals surface area contributed by atoms with Crippen LogP contribution in [-0.2, 0) is 52.5 Å². The summed E-state index contributed by atoms with van der Waals surface area (Å²) in [7, 11) is 0. The second-order valence-corrected chi connectivity index (χ2v) is 22.4. The predicted molar refractivity (Wildman–Crippen MR) is 339 cm³/mol. The molecule has 0 radical (unpaired) electrons. The second-order valence-electron chi connectivity index (χ2n) is 22.4. The average Bonchev–Trinajstić information content (AvgIpc) is 3.81. The molecule has 2 aliphatic rings. The number of nitrogens with zero attached hydrogens (tertiary/aromatic N) is 2. The van der Waals surface area contributed by atoms with Crippen LogP contribution in [0.4, 0.5) is 0 Å². The fraction of sp³-hybridized carbons (Fsp3) is 0.841. The van der Waals surface area contributed by atoms with Gasteiger partial charge >= 0.3 is 23.9 Å². The highest BCUT2D eigenvalue weighted by Crippen LogP contribution is 2.26. The molecule has 1 saturated carbocycles. The maximum Gasteiger partial charge on any atom is 0.320 e. The minimum absolute atomic E-state index is 0. The lowest BCUT2D eigenvalue weighted by atomic mass is 9.97. The van der Waals surface area contributed by atoms with Gasteiger partial charge in [-0.3, -0.25) is 33.7 Å². The summed E-state index contributed by atoms with van der Waals surface area (Å²) in [6.45, 7) is 28.7. The van der Waals surface area contributed by atoms with Gasteiger partial charge in [0, 0.05) is 38.1 Å². The Morgan fingerprint density at radius 1 is 0.549 bits per heavy atom. The van der Waals surface area contributed by atoms with Crippen LogP contribution >= 0.6 is 0 Å². The number of hydrogen-bond donors (Lipinski definition) is 0. The first-order valence-electron chi connectivity index (χ1n) is 33.2. The molecule has 1 aliphatic heterocycles. The van der Waals surface area contributed by atoms with Crippen molar-refractivity contribution in [2.24, 2.45) is 11.8 Å². The molecule has 0 aromatic carbocycles. The van der Waals surface area contributed by atoms with Gasteiger partial charge in [0.15, 0.2) is 11.5 Å². The van der Waals surface area contributed by atoms with E-state index in [1.165, 1.54) is 134 Å². The summed E-state index contributed by atoms with van der Waals surface area (Å²) in [4.78, 5) is 77.8. The Balaban J connectivity index is -0.00000131. The summed E-state index contributed by atoms with van der Waals surface area (Å²) in [6.07, 6.45) is 38.6. The molecule has 0 N–H and O–H groups in total. The lowest BCUT2D eigenvalue weighted by Crippen LogP contribution is -2.36. The van der Waals surface area contributed by atoms with Crippen molar-refractivity contribution in [2.45, 2.75) is 313 Å². The van der Waals surface area contributed by atoms with E-state index in [1.807, 2.05) is 27.7 Å². The molecule has 1 heterocycles. The summed E-state index contributed by atoms with van der Waals surface area (Å²) < 4.78 is 27.7. The molecular formula is C69H128N2O11. The molecule has 0 spiro atoms. The zero-order valence-corrected chi connectivity index (χ0v) is 53.8. The summed E-state index contributed by atoms with van der Waals surface area (Å²) in [6, 6.07) is 0.0648. The van der Waals surface area contributed by atoms with Gasteiger partial charge in [-0.1, -0.05) is 256 Å². The zero-order chi connectivity index (χ0) is 60.6. The molecule has 480 valence electrons. The Morgan fingerprint density at radius 2 is 0.951 bits per heavy atom. The first kappa shape index (κ1) is 82.3. The summed E-state index contributed by atoms with van der Waals surface area (Å²) >= 11 is 0. The van der Waals surface area contributed by atoms with Crippen molar-refractivity contribution < 1.29 is 52.5 Å². The number of amides is 1. The third kappa shape index (κ3) is 49.5. The highest BCUT2D eigenvalue weighted by Gasteiger charge is 2.36. The van der Waals surface area contributed by atoms with Crippen molar-refractivity contribution in [3.8, 4) is 0 Å². The molecule has 0 unspecified atom stereocenters. The first-order chi connectivity index (χ1) is 39.3. The average molecular weight is 1160 g/mol.